The predicted molar refractivity (Wildman–Crippen MR) is 108 cm³/mol. The second-order valence-corrected chi connectivity index (χ2v) is 9.24. The molecule has 1 saturated carbocycles. The highest BCUT2D eigenvalue weighted by molar-refractivity contribution is 8.14. The molecule has 1 rings (SSSR count). The first-order valence-corrected chi connectivity index (χ1v) is 10.6. The fraction of sp³-hybridized carbons (Fsp3) is 0.842. The van der Waals surface area contributed by atoms with E-state index < -0.39 is 24.3 Å². The molecule has 0 aliphatic heterocycles. The van der Waals surface area contributed by atoms with Gasteiger partial charge in [0.25, 0.3) is 0 Å². The van der Waals surface area contributed by atoms with Gasteiger partial charge in [-0.25, -0.2) is 9.18 Å². The summed E-state index contributed by atoms with van der Waals surface area (Å²) in [5.74, 6) is -0.144. The lowest BCUT2D eigenvalue weighted by atomic mass is 9.89. The van der Waals surface area contributed by atoms with E-state index in [1.807, 2.05) is 13.8 Å². The first-order valence-electron chi connectivity index (χ1n) is 9.67. The first-order chi connectivity index (χ1) is 12.5. The Bertz CT molecular complexity index is 530. The average Bonchev–Trinajstić information content (AvgIpc) is 2.54. The molecule has 0 aromatic heterocycles. The molecule has 0 aromatic rings. The molecule has 3 N–H and O–H groups in total. The third kappa shape index (κ3) is 8.07. The molecule has 6 nitrogen and oxygen atoms in total. The van der Waals surface area contributed by atoms with Gasteiger partial charge in [0, 0.05) is 5.25 Å². The number of hydrogen-bond acceptors (Lipinski definition) is 5. The molecular weight excluding hydrogens is 369 g/mol. The van der Waals surface area contributed by atoms with Crippen LogP contribution in [0, 0.1) is 17.2 Å². The molecule has 0 aromatic carbocycles. The second-order valence-electron chi connectivity index (χ2n) is 7.96. The maximum atomic E-state index is 13.7. The van der Waals surface area contributed by atoms with Crippen LogP contribution in [-0.4, -0.2) is 46.7 Å². The van der Waals surface area contributed by atoms with Gasteiger partial charge in [-0.3, -0.25) is 10.2 Å². The quantitative estimate of drug-likeness (QED) is 0.444. The monoisotopic (exact) mass is 403 g/mol. The molecule has 0 saturated heterocycles. The molecule has 5 unspecified atom stereocenters. The number of amides is 2. The summed E-state index contributed by atoms with van der Waals surface area (Å²) in [6, 6.07) is -1.25. The number of carbonyl (C=O) groups excluding carboxylic acids is 2. The number of carbonyl (C=O) groups is 2. The van der Waals surface area contributed by atoms with E-state index in [4.69, 9.17) is 10.1 Å². The molecule has 1 aliphatic carbocycles. The third-order valence-electron chi connectivity index (χ3n) is 4.65. The molecule has 8 heteroatoms. The van der Waals surface area contributed by atoms with E-state index in [0.717, 1.165) is 6.42 Å². The number of halogens is 1. The van der Waals surface area contributed by atoms with Crippen LogP contribution in [-0.2, 0) is 9.53 Å². The maximum absolute atomic E-state index is 13.7. The lowest BCUT2D eigenvalue weighted by Crippen LogP contribution is -2.53. The van der Waals surface area contributed by atoms with Gasteiger partial charge < -0.3 is 15.4 Å². The molecule has 27 heavy (non-hydrogen) atoms. The van der Waals surface area contributed by atoms with Crippen LogP contribution < -0.4 is 10.6 Å². The maximum Gasteiger partial charge on any atom is 0.408 e. The number of alkyl halides is 1. The number of nitrogens with one attached hydrogen (secondary N) is 3. The summed E-state index contributed by atoms with van der Waals surface area (Å²) in [7, 11) is 0. The van der Waals surface area contributed by atoms with Gasteiger partial charge in [0.15, 0.2) is 0 Å². The molecule has 0 bridgehead atoms. The fourth-order valence-corrected chi connectivity index (χ4v) is 4.20. The highest BCUT2D eigenvalue weighted by Gasteiger charge is 2.31. The Labute approximate surface area is 166 Å². The van der Waals surface area contributed by atoms with Crippen molar-refractivity contribution in [1.82, 2.24) is 10.6 Å². The molecule has 0 radical (unpaired) electrons. The van der Waals surface area contributed by atoms with Crippen molar-refractivity contribution in [3.63, 3.8) is 0 Å². The highest BCUT2D eigenvalue weighted by atomic mass is 32.2. The lowest BCUT2D eigenvalue weighted by Gasteiger charge is -2.31. The summed E-state index contributed by atoms with van der Waals surface area (Å²) >= 11 is 1.34. The topological polar surface area (TPSA) is 91.3 Å². The molecule has 2 amide bonds. The van der Waals surface area contributed by atoms with Crippen LogP contribution in [0.3, 0.4) is 0 Å². The predicted octanol–water partition coefficient (Wildman–Crippen LogP) is 3.89. The minimum Gasteiger partial charge on any atom is -0.447 e. The van der Waals surface area contributed by atoms with E-state index in [-0.39, 0.29) is 23.2 Å². The largest absolute Gasteiger partial charge is 0.447 e. The molecular formula is C19H34FN3O3S. The first kappa shape index (κ1) is 23.7. The van der Waals surface area contributed by atoms with Crippen LogP contribution in [0.5, 0.6) is 0 Å². The van der Waals surface area contributed by atoms with Crippen LogP contribution in [0.2, 0.25) is 0 Å². The van der Waals surface area contributed by atoms with Gasteiger partial charge in [0.2, 0.25) is 5.91 Å². The van der Waals surface area contributed by atoms with E-state index in [0.29, 0.717) is 23.8 Å². The number of alkyl carbamates (subject to hydrolysis) is 1. The van der Waals surface area contributed by atoms with Gasteiger partial charge in [0.1, 0.15) is 12.2 Å². The SMILES string of the molecule is CC(C)OC(=O)NC(C(=O)NC(C)C(=N)SC1CC(F)CCC1C)C(C)C. The Hall–Kier alpha value is -1.31. The van der Waals surface area contributed by atoms with E-state index >= 15 is 0 Å². The van der Waals surface area contributed by atoms with Gasteiger partial charge in [-0.1, -0.05) is 20.8 Å². The molecule has 1 fully saturated rings. The van der Waals surface area contributed by atoms with Gasteiger partial charge in [-0.15, -0.1) is 11.8 Å². The Kier molecular flexibility index (Phi) is 9.56. The zero-order valence-corrected chi connectivity index (χ0v) is 18.0. The smallest absolute Gasteiger partial charge is 0.408 e. The minimum absolute atomic E-state index is 0.0562. The van der Waals surface area contributed by atoms with E-state index in [2.05, 4.69) is 17.6 Å². The summed E-state index contributed by atoms with van der Waals surface area (Å²) in [4.78, 5) is 24.4. The van der Waals surface area contributed by atoms with E-state index in [1.54, 1.807) is 20.8 Å². The van der Waals surface area contributed by atoms with Crippen molar-refractivity contribution in [2.75, 3.05) is 0 Å². The van der Waals surface area contributed by atoms with Gasteiger partial charge in [-0.2, -0.15) is 0 Å². The second kappa shape index (κ2) is 10.9. The zero-order valence-electron chi connectivity index (χ0n) is 17.2. The van der Waals surface area contributed by atoms with Crippen LogP contribution in [0.1, 0.15) is 60.8 Å². The Morgan fingerprint density at radius 1 is 1.15 bits per heavy atom. The van der Waals surface area contributed by atoms with Crippen molar-refractivity contribution < 1.29 is 18.7 Å². The molecule has 5 atom stereocenters. The van der Waals surface area contributed by atoms with Crippen molar-refractivity contribution in [3.05, 3.63) is 0 Å². The third-order valence-corrected chi connectivity index (χ3v) is 6.22. The van der Waals surface area contributed by atoms with Crippen molar-refractivity contribution in [2.24, 2.45) is 11.8 Å². The minimum atomic E-state index is -0.808. The van der Waals surface area contributed by atoms with Crippen molar-refractivity contribution in [3.8, 4) is 0 Å². The average molecular weight is 404 g/mol. The summed E-state index contributed by atoms with van der Waals surface area (Å²) in [5, 5.41) is 14.0. The van der Waals surface area contributed by atoms with Crippen molar-refractivity contribution >= 4 is 28.8 Å². The standard InChI is InChI=1S/C19H34FN3O3S/c1-10(2)16(23-19(25)26-11(3)4)18(24)22-13(6)17(21)27-15-9-14(20)8-7-12(15)5/h10-16,21H,7-9H2,1-6H3,(H,22,24)(H,23,25). The van der Waals surface area contributed by atoms with Crippen molar-refractivity contribution in [1.29, 1.82) is 5.41 Å². The van der Waals surface area contributed by atoms with Gasteiger partial charge in [-0.05, 0) is 51.9 Å². The summed E-state index contributed by atoms with van der Waals surface area (Å²) in [6.45, 7) is 10.9. The van der Waals surface area contributed by atoms with Crippen LogP contribution in [0.4, 0.5) is 9.18 Å². The van der Waals surface area contributed by atoms with Crippen molar-refractivity contribution in [2.45, 2.75) is 90.4 Å². The van der Waals surface area contributed by atoms with Gasteiger partial charge >= 0.3 is 6.09 Å². The van der Waals surface area contributed by atoms with E-state index in [1.165, 1.54) is 11.8 Å². The Balaban J connectivity index is 2.60. The molecule has 0 spiro atoms. The summed E-state index contributed by atoms with van der Waals surface area (Å²) in [6.07, 6.45) is 0.141. The number of rotatable bonds is 7. The number of hydrogen-bond donors (Lipinski definition) is 3. The zero-order chi connectivity index (χ0) is 20.7. The number of thioether (sulfide) groups is 1. The Morgan fingerprint density at radius 2 is 1.78 bits per heavy atom. The van der Waals surface area contributed by atoms with Gasteiger partial charge in [0.05, 0.1) is 17.2 Å². The Morgan fingerprint density at radius 3 is 2.33 bits per heavy atom. The lowest BCUT2D eigenvalue weighted by molar-refractivity contribution is -0.124. The van der Waals surface area contributed by atoms with Crippen LogP contribution >= 0.6 is 11.8 Å². The van der Waals surface area contributed by atoms with Crippen LogP contribution in [0.25, 0.3) is 0 Å². The summed E-state index contributed by atoms with van der Waals surface area (Å²) in [5.41, 5.74) is 0. The van der Waals surface area contributed by atoms with E-state index in [9.17, 15) is 14.0 Å². The van der Waals surface area contributed by atoms with Crippen LogP contribution in [0.15, 0.2) is 0 Å². The number of ether oxygens (including phenoxy) is 1. The summed E-state index contributed by atoms with van der Waals surface area (Å²) < 4.78 is 18.7. The molecule has 1 aliphatic rings. The molecule has 0 heterocycles. The normalized spacial score (nSPS) is 25.0. The fourth-order valence-electron chi connectivity index (χ4n) is 2.94. The highest BCUT2D eigenvalue weighted by Crippen LogP contribution is 2.35. The molecule has 156 valence electrons.